The lowest BCUT2D eigenvalue weighted by molar-refractivity contribution is -0.143. The second-order valence-electron chi connectivity index (χ2n) is 3.24. The Bertz CT molecular complexity index is 274. The van der Waals surface area contributed by atoms with E-state index in [-0.39, 0.29) is 12.4 Å². The molecule has 1 rings (SSSR count). The molecule has 0 aliphatic carbocycles. The van der Waals surface area contributed by atoms with E-state index >= 15 is 0 Å². The van der Waals surface area contributed by atoms with Crippen molar-refractivity contribution in [2.45, 2.75) is 26.2 Å². The summed E-state index contributed by atoms with van der Waals surface area (Å²) in [5.41, 5.74) is 1.36. The van der Waals surface area contributed by atoms with Gasteiger partial charge in [-0.25, -0.2) is 5.41 Å². The van der Waals surface area contributed by atoms with Crippen LogP contribution in [0.15, 0.2) is 30.3 Å². The van der Waals surface area contributed by atoms with E-state index in [0.29, 0.717) is 12.5 Å². The predicted octanol–water partition coefficient (Wildman–Crippen LogP) is -1.79. The highest BCUT2D eigenvalue weighted by Crippen LogP contribution is 2.04. The number of halogens is 1. The van der Waals surface area contributed by atoms with Crippen LogP contribution >= 0.6 is 0 Å². The van der Waals surface area contributed by atoms with Gasteiger partial charge in [0.2, 0.25) is 0 Å². The summed E-state index contributed by atoms with van der Waals surface area (Å²) in [6.45, 7) is 2.61. The van der Waals surface area contributed by atoms with Gasteiger partial charge in [-0.15, -0.1) is 0 Å². The highest BCUT2D eigenvalue weighted by molar-refractivity contribution is 5.69. The van der Waals surface area contributed by atoms with Crippen molar-refractivity contribution in [2.24, 2.45) is 0 Å². The Kier molecular flexibility index (Phi) is 7.74. The van der Waals surface area contributed by atoms with Crippen LogP contribution in [0.2, 0.25) is 0 Å². The van der Waals surface area contributed by atoms with Crippen molar-refractivity contribution in [1.29, 1.82) is 0 Å². The highest BCUT2D eigenvalue weighted by atomic mass is 35.5. The van der Waals surface area contributed by atoms with Crippen LogP contribution in [0.25, 0.3) is 0 Å². The summed E-state index contributed by atoms with van der Waals surface area (Å²) >= 11 is 0. The zero-order valence-electron chi connectivity index (χ0n) is 9.08. The van der Waals surface area contributed by atoms with Crippen molar-refractivity contribution in [3.8, 4) is 0 Å². The van der Waals surface area contributed by atoms with Crippen LogP contribution in [-0.2, 0) is 11.2 Å². The Morgan fingerprint density at radius 2 is 1.93 bits per heavy atom. The third kappa shape index (κ3) is 6.13. The maximum Gasteiger partial charge on any atom is 0.332 e. The van der Waals surface area contributed by atoms with Gasteiger partial charge in [0, 0.05) is 0 Å². The number of aryl methyl sites for hydroxylation is 1. The SMILES string of the molecule is CCOC(=[15NH2+])CCCc1ccccc1.[Cl-]. The molecule has 1 aromatic carbocycles. The van der Waals surface area contributed by atoms with Gasteiger partial charge in [-0.3, -0.25) is 0 Å². The predicted molar refractivity (Wildman–Crippen MR) is 57.9 cm³/mol. The van der Waals surface area contributed by atoms with Gasteiger partial charge in [0.15, 0.2) is 0 Å². The quantitative estimate of drug-likeness (QED) is 0.361. The lowest BCUT2D eigenvalue weighted by Gasteiger charge is -2.00. The largest absolute Gasteiger partial charge is 1.00 e. The van der Waals surface area contributed by atoms with E-state index in [1.54, 1.807) is 0 Å². The van der Waals surface area contributed by atoms with Gasteiger partial charge < -0.3 is 17.1 Å². The van der Waals surface area contributed by atoms with Crippen molar-refractivity contribution in [2.75, 3.05) is 6.61 Å². The smallest absolute Gasteiger partial charge is 0.332 e. The summed E-state index contributed by atoms with van der Waals surface area (Å²) in [5.74, 6) is 0.656. The monoisotopic (exact) mass is 228 g/mol. The Labute approximate surface area is 97.6 Å². The van der Waals surface area contributed by atoms with Crippen LogP contribution in [-0.4, -0.2) is 12.5 Å². The number of benzene rings is 1. The van der Waals surface area contributed by atoms with Gasteiger partial charge in [0.05, 0.1) is 13.0 Å². The average Bonchev–Trinajstić information content (AvgIpc) is 2.20. The van der Waals surface area contributed by atoms with Crippen LogP contribution in [0.5, 0.6) is 0 Å². The fourth-order valence-corrected chi connectivity index (χ4v) is 1.37. The first kappa shape index (κ1) is 14.0. The van der Waals surface area contributed by atoms with E-state index in [4.69, 9.17) is 10.1 Å². The summed E-state index contributed by atoms with van der Waals surface area (Å²) in [7, 11) is 0. The molecule has 0 aromatic heterocycles. The lowest BCUT2D eigenvalue weighted by atomic mass is 10.1. The molecule has 0 fully saturated rings. The molecule has 0 unspecified atom stereocenters. The molecule has 0 atom stereocenters. The first-order valence-electron chi connectivity index (χ1n) is 5.11. The fraction of sp³-hybridized carbons (Fsp3) is 0.417. The molecule has 15 heavy (non-hydrogen) atoms. The molecule has 84 valence electrons. The van der Waals surface area contributed by atoms with Gasteiger partial charge in [-0.2, -0.15) is 0 Å². The Balaban J connectivity index is 0.00000196. The molecule has 0 aliphatic rings. The minimum absolute atomic E-state index is 0. The summed E-state index contributed by atoms with van der Waals surface area (Å²) in [5, 5.41) is 5.64. The molecule has 0 aliphatic heterocycles. The number of hydrogen-bond acceptors (Lipinski definition) is 1. The molecule has 0 radical (unpaired) electrons. The molecule has 0 saturated heterocycles. The van der Waals surface area contributed by atoms with Crippen LogP contribution in [0.4, 0.5) is 0 Å². The van der Waals surface area contributed by atoms with Gasteiger partial charge in [-0.1, -0.05) is 30.3 Å². The summed E-state index contributed by atoms with van der Waals surface area (Å²) in [6, 6.07) is 10.4. The molecule has 0 bridgehead atoms. The van der Waals surface area contributed by atoms with Crippen LogP contribution in [0, 0.1) is 0 Å². The lowest BCUT2D eigenvalue weighted by Crippen LogP contribution is -3.00. The maximum absolute atomic E-state index is 5.64. The van der Waals surface area contributed by atoms with Crippen molar-refractivity contribution >= 4 is 5.90 Å². The van der Waals surface area contributed by atoms with Gasteiger partial charge >= 0.3 is 5.90 Å². The van der Waals surface area contributed by atoms with Crippen molar-refractivity contribution < 1.29 is 22.6 Å². The molecule has 3 heteroatoms. The number of nitrogens with two attached hydrogens (primary N) is 1. The normalized spacial score (nSPS) is 9.13. The van der Waals surface area contributed by atoms with Crippen molar-refractivity contribution in [3.05, 3.63) is 35.9 Å². The first-order chi connectivity index (χ1) is 6.83. The molecule has 0 spiro atoms. The molecule has 0 saturated carbocycles. The average molecular weight is 229 g/mol. The van der Waals surface area contributed by atoms with E-state index in [9.17, 15) is 0 Å². The summed E-state index contributed by atoms with van der Waals surface area (Å²) < 4.78 is 5.17. The third-order valence-corrected chi connectivity index (χ3v) is 2.06. The van der Waals surface area contributed by atoms with E-state index < -0.39 is 0 Å². The minimum Gasteiger partial charge on any atom is -1.00 e. The van der Waals surface area contributed by atoms with Gasteiger partial charge in [0.25, 0.3) is 0 Å². The van der Waals surface area contributed by atoms with Crippen LogP contribution < -0.4 is 17.8 Å². The summed E-state index contributed by atoms with van der Waals surface area (Å²) in [6.07, 6.45) is 2.97. The zero-order valence-corrected chi connectivity index (χ0v) is 9.83. The topological polar surface area (TPSA) is 34.8 Å². The van der Waals surface area contributed by atoms with E-state index in [1.165, 1.54) is 5.56 Å². The first-order valence-corrected chi connectivity index (χ1v) is 5.11. The number of hydrogen-bond donors (Lipinski definition) is 1. The highest BCUT2D eigenvalue weighted by Gasteiger charge is 2.02. The molecule has 2 nitrogen and oxygen atoms in total. The third-order valence-electron chi connectivity index (χ3n) is 2.06. The molecule has 0 heterocycles. The Morgan fingerprint density at radius 1 is 1.27 bits per heavy atom. The van der Waals surface area contributed by atoms with E-state index in [0.717, 1.165) is 19.3 Å². The molecule has 1 aromatic rings. The van der Waals surface area contributed by atoms with E-state index in [1.807, 2.05) is 13.0 Å². The van der Waals surface area contributed by atoms with Gasteiger partial charge in [0.1, 0.15) is 0 Å². The number of ether oxygens (including phenoxy) is 1. The number of rotatable bonds is 5. The van der Waals surface area contributed by atoms with Crippen molar-refractivity contribution in [1.82, 2.24) is 0 Å². The minimum atomic E-state index is 0. The Morgan fingerprint density at radius 3 is 2.53 bits per heavy atom. The second-order valence-corrected chi connectivity index (χ2v) is 3.24. The summed E-state index contributed by atoms with van der Waals surface area (Å²) in [4.78, 5) is 0. The van der Waals surface area contributed by atoms with Crippen LogP contribution in [0.3, 0.4) is 0 Å². The molecular formula is C12H18ClNO. The zero-order chi connectivity index (χ0) is 10.2. The van der Waals surface area contributed by atoms with Crippen LogP contribution in [0.1, 0.15) is 25.3 Å². The molecular weight excluding hydrogens is 211 g/mol. The van der Waals surface area contributed by atoms with E-state index in [2.05, 4.69) is 24.3 Å². The standard InChI is InChI=1S/C12H17NO.ClH/c1-2-14-12(13)10-6-9-11-7-4-3-5-8-11;/h3-5,7-8,13H,2,6,9-10H2,1H3;1H/i13+1;. The molecule has 0 amide bonds. The fourth-order valence-electron chi connectivity index (χ4n) is 1.37. The molecule has 2 N–H and O–H groups in total. The second kappa shape index (κ2) is 8.30. The maximum atomic E-state index is 5.64. The van der Waals surface area contributed by atoms with Crippen molar-refractivity contribution in [3.63, 3.8) is 0 Å². The Hall–Kier alpha value is -1.02. The van der Waals surface area contributed by atoms with Gasteiger partial charge in [-0.05, 0) is 25.3 Å².